The summed E-state index contributed by atoms with van der Waals surface area (Å²) in [7, 11) is 0. The van der Waals surface area contributed by atoms with E-state index in [2.05, 4.69) is 15.0 Å². The minimum atomic E-state index is -0.316. The lowest BCUT2D eigenvalue weighted by Gasteiger charge is -1.98. The lowest BCUT2D eigenvalue weighted by molar-refractivity contribution is -0.142. The fraction of sp³-hybridized carbons (Fsp3) is 0.429. The SMILES string of the molecule is CCOC(=O)Cc1ncncn1. The van der Waals surface area contributed by atoms with Crippen LogP contribution in [0.25, 0.3) is 0 Å². The summed E-state index contributed by atoms with van der Waals surface area (Å²) in [6, 6.07) is 0. The standard InChI is InChI=1S/C7H9N3O2/c1-2-12-7(11)3-6-9-4-8-5-10-6/h4-5H,2-3H2,1H3. The van der Waals surface area contributed by atoms with Gasteiger partial charge >= 0.3 is 5.97 Å². The Bertz CT molecular complexity index is 250. The van der Waals surface area contributed by atoms with Gasteiger partial charge < -0.3 is 4.74 Å². The van der Waals surface area contributed by atoms with Crippen LogP contribution in [0, 0.1) is 0 Å². The van der Waals surface area contributed by atoms with Crippen molar-refractivity contribution < 1.29 is 9.53 Å². The van der Waals surface area contributed by atoms with E-state index in [1.807, 2.05) is 0 Å². The highest BCUT2D eigenvalue weighted by Crippen LogP contribution is 1.90. The zero-order valence-corrected chi connectivity index (χ0v) is 6.73. The third kappa shape index (κ3) is 2.61. The lowest BCUT2D eigenvalue weighted by atomic mass is 10.4. The van der Waals surface area contributed by atoms with Gasteiger partial charge in [0.1, 0.15) is 24.9 Å². The summed E-state index contributed by atoms with van der Waals surface area (Å²) in [6.07, 6.45) is 2.81. The molecular formula is C7H9N3O2. The van der Waals surface area contributed by atoms with E-state index in [9.17, 15) is 4.79 Å². The van der Waals surface area contributed by atoms with Gasteiger partial charge in [-0.1, -0.05) is 0 Å². The van der Waals surface area contributed by atoms with Crippen LogP contribution in [-0.4, -0.2) is 27.5 Å². The maximum atomic E-state index is 10.9. The second kappa shape index (κ2) is 4.38. The maximum absolute atomic E-state index is 10.9. The minimum Gasteiger partial charge on any atom is -0.466 e. The highest BCUT2D eigenvalue weighted by molar-refractivity contribution is 5.71. The molecule has 0 fully saturated rings. The van der Waals surface area contributed by atoms with Crippen LogP contribution in [0.3, 0.4) is 0 Å². The number of hydrogen-bond donors (Lipinski definition) is 0. The molecule has 0 radical (unpaired) electrons. The molecule has 0 bridgehead atoms. The summed E-state index contributed by atoms with van der Waals surface area (Å²) in [5.41, 5.74) is 0. The van der Waals surface area contributed by atoms with Crippen LogP contribution < -0.4 is 0 Å². The first-order chi connectivity index (χ1) is 5.83. The van der Waals surface area contributed by atoms with Crippen molar-refractivity contribution in [2.45, 2.75) is 13.3 Å². The summed E-state index contributed by atoms with van der Waals surface area (Å²) in [5.74, 6) is 0.118. The molecule has 0 aromatic carbocycles. The molecule has 12 heavy (non-hydrogen) atoms. The largest absolute Gasteiger partial charge is 0.466 e. The highest BCUT2D eigenvalue weighted by atomic mass is 16.5. The van der Waals surface area contributed by atoms with E-state index in [4.69, 9.17) is 4.74 Å². The number of rotatable bonds is 3. The van der Waals surface area contributed by atoms with Gasteiger partial charge in [0.2, 0.25) is 0 Å². The summed E-state index contributed by atoms with van der Waals surface area (Å²) in [6.45, 7) is 2.13. The van der Waals surface area contributed by atoms with Crippen molar-refractivity contribution in [1.82, 2.24) is 15.0 Å². The van der Waals surface area contributed by atoms with Crippen molar-refractivity contribution in [1.29, 1.82) is 0 Å². The smallest absolute Gasteiger partial charge is 0.313 e. The van der Waals surface area contributed by atoms with E-state index in [1.165, 1.54) is 12.7 Å². The predicted octanol–water partition coefficient (Wildman–Crippen LogP) is -0.0228. The Morgan fingerprint density at radius 1 is 1.50 bits per heavy atom. The number of aromatic nitrogens is 3. The molecule has 0 N–H and O–H groups in total. The zero-order chi connectivity index (χ0) is 8.81. The molecule has 0 spiro atoms. The molecule has 0 amide bonds. The second-order valence-electron chi connectivity index (χ2n) is 2.04. The number of carbonyl (C=O) groups is 1. The molecule has 5 heteroatoms. The molecule has 0 unspecified atom stereocenters. The molecule has 0 aliphatic heterocycles. The third-order valence-corrected chi connectivity index (χ3v) is 1.15. The van der Waals surface area contributed by atoms with Gasteiger partial charge in [0.05, 0.1) is 6.61 Å². The number of carbonyl (C=O) groups excluding carboxylic acids is 1. The van der Waals surface area contributed by atoms with Crippen molar-refractivity contribution in [3.8, 4) is 0 Å². The van der Waals surface area contributed by atoms with Crippen molar-refractivity contribution in [3.63, 3.8) is 0 Å². The molecule has 0 saturated heterocycles. The van der Waals surface area contributed by atoms with E-state index >= 15 is 0 Å². The van der Waals surface area contributed by atoms with Crippen molar-refractivity contribution >= 4 is 5.97 Å². The van der Waals surface area contributed by atoms with Crippen molar-refractivity contribution in [2.24, 2.45) is 0 Å². The fourth-order valence-corrected chi connectivity index (χ4v) is 0.696. The number of ether oxygens (including phenoxy) is 1. The summed E-state index contributed by atoms with van der Waals surface area (Å²) in [5, 5.41) is 0. The van der Waals surface area contributed by atoms with Crippen LogP contribution >= 0.6 is 0 Å². The molecule has 64 valence electrons. The summed E-state index contributed by atoms with van der Waals surface area (Å²) >= 11 is 0. The first kappa shape index (κ1) is 8.58. The number of esters is 1. The normalized spacial score (nSPS) is 9.42. The van der Waals surface area contributed by atoms with Crippen LogP contribution in [0.4, 0.5) is 0 Å². The number of nitrogens with zero attached hydrogens (tertiary/aromatic N) is 3. The molecular weight excluding hydrogens is 158 g/mol. The predicted molar refractivity (Wildman–Crippen MR) is 40.2 cm³/mol. The van der Waals surface area contributed by atoms with Gasteiger partial charge in [-0.3, -0.25) is 4.79 Å². The molecule has 5 nitrogen and oxygen atoms in total. The maximum Gasteiger partial charge on any atom is 0.313 e. The summed E-state index contributed by atoms with van der Waals surface area (Å²) < 4.78 is 4.71. The molecule has 0 aliphatic carbocycles. The van der Waals surface area contributed by atoms with Crippen LogP contribution in [0.5, 0.6) is 0 Å². The van der Waals surface area contributed by atoms with Gasteiger partial charge in [-0.2, -0.15) is 0 Å². The van der Waals surface area contributed by atoms with Gasteiger partial charge in [-0.05, 0) is 6.92 Å². The van der Waals surface area contributed by atoms with E-state index in [0.29, 0.717) is 12.4 Å². The highest BCUT2D eigenvalue weighted by Gasteiger charge is 2.04. The molecule has 1 heterocycles. The Kier molecular flexibility index (Phi) is 3.13. The van der Waals surface area contributed by atoms with Crippen molar-refractivity contribution in [3.05, 3.63) is 18.5 Å². The van der Waals surface area contributed by atoms with Gasteiger partial charge in [-0.15, -0.1) is 0 Å². The third-order valence-electron chi connectivity index (χ3n) is 1.15. The van der Waals surface area contributed by atoms with E-state index < -0.39 is 0 Å². The minimum absolute atomic E-state index is 0.107. The average molecular weight is 167 g/mol. The quantitative estimate of drug-likeness (QED) is 0.592. The molecule has 0 aliphatic rings. The molecule has 1 aromatic heterocycles. The molecule has 0 atom stereocenters. The Morgan fingerprint density at radius 2 is 2.17 bits per heavy atom. The van der Waals surface area contributed by atoms with Gasteiger partial charge in [-0.25, -0.2) is 15.0 Å². The van der Waals surface area contributed by atoms with Gasteiger partial charge in [0, 0.05) is 0 Å². The topological polar surface area (TPSA) is 65.0 Å². The first-order valence-electron chi connectivity index (χ1n) is 3.59. The van der Waals surface area contributed by atoms with Crippen LogP contribution in [-0.2, 0) is 16.0 Å². The van der Waals surface area contributed by atoms with Gasteiger partial charge in [0.15, 0.2) is 0 Å². The second-order valence-corrected chi connectivity index (χ2v) is 2.04. The monoisotopic (exact) mass is 167 g/mol. The van der Waals surface area contributed by atoms with Crippen LogP contribution in [0.2, 0.25) is 0 Å². The van der Waals surface area contributed by atoms with E-state index in [0.717, 1.165) is 0 Å². The fourth-order valence-electron chi connectivity index (χ4n) is 0.696. The Labute approximate surface area is 69.8 Å². The van der Waals surface area contributed by atoms with Crippen LogP contribution in [0.1, 0.15) is 12.7 Å². The first-order valence-corrected chi connectivity index (χ1v) is 3.59. The molecule has 1 aromatic rings. The summed E-state index contributed by atoms with van der Waals surface area (Å²) in [4.78, 5) is 22.1. The molecule has 0 saturated carbocycles. The Balaban J connectivity index is 2.47. The van der Waals surface area contributed by atoms with Gasteiger partial charge in [0.25, 0.3) is 0 Å². The Morgan fingerprint density at radius 3 is 2.75 bits per heavy atom. The van der Waals surface area contributed by atoms with Crippen LogP contribution in [0.15, 0.2) is 12.7 Å². The number of hydrogen-bond acceptors (Lipinski definition) is 5. The van der Waals surface area contributed by atoms with Crippen molar-refractivity contribution in [2.75, 3.05) is 6.61 Å². The zero-order valence-electron chi connectivity index (χ0n) is 6.73. The Hall–Kier alpha value is -1.52. The lowest BCUT2D eigenvalue weighted by Crippen LogP contribution is -2.10. The van der Waals surface area contributed by atoms with E-state index in [1.54, 1.807) is 6.92 Å². The average Bonchev–Trinajstić information content (AvgIpc) is 2.06. The van der Waals surface area contributed by atoms with E-state index in [-0.39, 0.29) is 12.4 Å². The molecule has 1 rings (SSSR count).